The van der Waals surface area contributed by atoms with Crippen LogP contribution in [-0.4, -0.2) is 69.0 Å². The number of carbonyl (C=O) groups is 1. The number of nitrogens with zero attached hydrogens (tertiary/aromatic N) is 1. The van der Waals surface area contributed by atoms with Gasteiger partial charge in [-0.25, -0.2) is 0 Å². The molecule has 1 atom stereocenters. The number of morpholine rings is 1. The van der Waals surface area contributed by atoms with Gasteiger partial charge in [0.1, 0.15) is 0 Å². The lowest BCUT2D eigenvalue weighted by Gasteiger charge is -2.26. The molecule has 8 nitrogen and oxygen atoms in total. The van der Waals surface area contributed by atoms with Crippen molar-refractivity contribution in [2.45, 2.75) is 18.9 Å². The quantitative estimate of drug-likeness (QED) is 0.384. The third-order valence-electron chi connectivity index (χ3n) is 6.57. The summed E-state index contributed by atoms with van der Waals surface area (Å²) < 4.78 is 16.1. The van der Waals surface area contributed by atoms with Crippen LogP contribution < -0.4 is 20.1 Å². The first kappa shape index (κ1) is 22.7. The molecule has 8 heteroatoms. The summed E-state index contributed by atoms with van der Waals surface area (Å²) in [6.45, 7) is 6.89. The van der Waals surface area contributed by atoms with E-state index in [4.69, 9.17) is 14.2 Å². The van der Waals surface area contributed by atoms with Crippen LogP contribution in [0.3, 0.4) is 0 Å². The van der Waals surface area contributed by atoms with Crippen LogP contribution in [0.1, 0.15) is 29.3 Å². The van der Waals surface area contributed by atoms with Crippen molar-refractivity contribution in [3.63, 3.8) is 0 Å². The molecule has 0 radical (unpaired) electrons. The third kappa shape index (κ3) is 5.04. The summed E-state index contributed by atoms with van der Waals surface area (Å²) in [4.78, 5) is 15.9. The summed E-state index contributed by atoms with van der Waals surface area (Å²) in [5.74, 6) is 1.67. The molecule has 3 aliphatic rings. The molecule has 0 saturated carbocycles. The lowest BCUT2D eigenvalue weighted by atomic mass is 9.94. The lowest BCUT2D eigenvalue weighted by Crippen LogP contribution is -2.37. The SMILES string of the molecule is O=CNCCCN1CCOCC1.c1ccc2c3c([nH]c2c1)[C@H](c1ccc2c(c1)OCO2)NCC3. The number of hydrogen-bond donors (Lipinski definition) is 3. The minimum atomic E-state index is 0.172. The van der Waals surface area contributed by atoms with E-state index in [1.165, 1.54) is 27.7 Å². The molecule has 1 amide bonds. The maximum Gasteiger partial charge on any atom is 0.231 e. The predicted octanol–water partition coefficient (Wildman–Crippen LogP) is 2.59. The topological polar surface area (TPSA) is 87.9 Å². The monoisotopic (exact) mass is 464 g/mol. The molecule has 3 aromatic rings. The van der Waals surface area contributed by atoms with Gasteiger partial charge in [-0.15, -0.1) is 0 Å². The minimum Gasteiger partial charge on any atom is -0.454 e. The lowest BCUT2D eigenvalue weighted by molar-refractivity contribution is -0.109. The van der Waals surface area contributed by atoms with Gasteiger partial charge in [0.05, 0.1) is 19.3 Å². The smallest absolute Gasteiger partial charge is 0.231 e. The molecule has 3 aliphatic heterocycles. The van der Waals surface area contributed by atoms with Crippen LogP contribution in [0.2, 0.25) is 0 Å². The number of carbonyl (C=O) groups excluding carboxylic acids is 1. The molecular formula is C26H32N4O4. The number of hydrogen-bond acceptors (Lipinski definition) is 6. The largest absolute Gasteiger partial charge is 0.454 e. The molecule has 34 heavy (non-hydrogen) atoms. The maximum absolute atomic E-state index is 9.91. The first-order valence-electron chi connectivity index (χ1n) is 12.0. The molecule has 0 aliphatic carbocycles. The number of H-pyrrole nitrogens is 1. The standard InChI is InChI=1S/C18H16N2O2.C8H16N2O2/c1-2-4-14-12(3-1)13-7-8-19-17(18(13)20-14)11-5-6-15-16(9-11)22-10-21-15;11-8-9-2-1-3-10-4-6-12-7-5-10/h1-6,9,17,19-20H,7-8,10H2;8H,1-7H2,(H,9,11)/t17-;/m0./s1. The number of aromatic nitrogens is 1. The Hall–Kier alpha value is -3.07. The fraction of sp³-hybridized carbons (Fsp3) is 0.423. The Morgan fingerprint density at radius 1 is 1.09 bits per heavy atom. The molecule has 180 valence electrons. The number of rotatable bonds is 6. The number of benzene rings is 2. The number of ether oxygens (including phenoxy) is 3. The summed E-state index contributed by atoms with van der Waals surface area (Å²) in [6.07, 6.45) is 2.83. The van der Waals surface area contributed by atoms with E-state index in [9.17, 15) is 4.79 Å². The van der Waals surface area contributed by atoms with Crippen molar-refractivity contribution in [2.24, 2.45) is 0 Å². The van der Waals surface area contributed by atoms with E-state index in [0.717, 1.165) is 76.7 Å². The van der Waals surface area contributed by atoms with Crippen molar-refractivity contribution in [1.82, 2.24) is 20.5 Å². The van der Waals surface area contributed by atoms with E-state index in [0.29, 0.717) is 6.79 Å². The summed E-state index contributed by atoms with van der Waals surface area (Å²) in [6, 6.07) is 14.9. The Bertz CT molecular complexity index is 1110. The van der Waals surface area contributed by atoms with Crippen molar-refractivity contribution < 1.29 is 19.0 Å². The van der Waals surface area contributed by atoms with Crippen LogP contribution in [0.4, 0.5) is 0 Å². The van der Waals surface area contributed by atoms with Gasteiger partial charge >= 0.3 is 0 Å². The van der Waals surface area contributed by atoms with Gasteiger partial charge in [-0.05, 0) is 48.7 Å². The zero-order chi connectivity index (χ0) is 23.2. The molecule has 1 saturated heterocycles. The van der Waals surface area contributed by atoms with Gasteiger partial charge in [-0.2, -0.15) is 0 Å². The van der Waals surface area contributed by atoms with Gasteiger partial charge in [0, 0.05) is 42.8 Å². The van der Waals surface area contributed by atoms with Gasteiger partial charge in [0.15, 0.2) is 11.5 Å². The molecule has 0 spiro atoms. The third-order valence-corrected chi connectivity index (χ3v) is 6.57. The molecule has 1 fully saturated rings. The van der Waals surface area contributed by atoms with Gasteiger partial charge in [0.25, 0.3) is 0 Å². The second-order valence-electron chi connectivity index (χ2n) is 8.69. The molecule has 0 bridgehead atoms. The predicted molar refractivity (Wildman–Crippen MR) is 130 cm³/mol. The zero-order valence-corrected chi connectivity index (χ0v) is 19.3. The average Bonchev–Trinajstić information content (AvgIpc) is 3.52. The van der Waals surface area contributed by atoms with Crippen molar-refractivity contribution in [3.05, 3.63) is 59.3 Å². The zero-order valence-electron chi connectivity index (χ0n) is 19.3. The van der Waals surface area contributed by atoms with E-state index in [-0.39, 0.29) is 6.04 Å². The maximum atomic E-state index is 9.91. The summed E-state index contributed by atoms with van der Waals surface area (Å²) in [5, 5.41) is 7.60. The first-order chi connectivity index (χ1) is 16.8. The molecule has 3 N–H and O–H groups in total. The van der Waals surface area contributed by atoms with Crippen molar-refractivity contribution in [1.29, 1.82) is 0 Å². The molecule has 1 aromatic heterocycles. The highest BCUT2D eigenvalue weighted by molar-refractivity contribution is 5.85. The van der Waals surface area contributed by atoms with E-state index < -0.39 is 0 Å². The van der Waals surface area contributed by atoms with Gasteiger partial charge < -0.3 is 29.8 Å². The normalized spacial score (nSPS) is 19.2. The average molecular weight is 465 g/mol. The Balaban J connectivity index is 0.000000172. The van der Waals surface area contributed by atoms with Crippen LogP contribution in [0.15, 0.2) is 42.5 Å². The van der Waals surface area contributed by atoms with Gasteiger partial charge in [0.2, 0.25) is 13.2 Å². The van der Waals surface area contributed by atoms with Gasteiger partial charge in [-0.3, -0.25) is 9.69 Å². The summed E-state index contributed by atoms with van der Waals surface area (Å²) in [7, 11) is 0. The molecule has 2 aromatic carbocycles. The van der Waals surface area contributed by atoms with Crippen LogP contribution >= 0.6 is 0 Å². The van der Waals surface area contributed by atoms with E-state index >= 15 is 0 Å². The summed E-state index contributed by atoms with van der Waals surface area (Å²) >= 11 is 0. The number of nitrogens with one attached hydrogen (secondary N) is 3. The van der Waals surface area contributed by atoms with Crippen molar-refractivity contribution >= 4 is 17.3 Å². The fourth-order valence-electron chi connectivity index (χ4n) is 4.85. The highest BCUT2D eigenvalue weighted by Gasteiger charge is 2.26. The number of aromatic amines is 1. The Morgan fingerprint density at radius 2 is 1.94 bits per heavy atom. The van der Waals surface area contributed by atoms with E-state index in [1.807, 2.05) is 6.07 Å². The molecule has 6 rings (SSSR count). The Morgan fingerprint density at radius 3 is 2.82 bits per heavy atom. The van der Waals surface area contributed by atoms with Crippen molar-refractivity contribution in [3.8, 4) is 11.5 Å². The highest BCUT2D eigenvalue weighted by atomic mass is 16.7. The second kappa shape index (κ2) is 10.9. The van der Waals surface area contributed by atoms with Gasteiger partial charge in [-0.1, -0.05) is 24.3 Å². The van der Waals surface area contributed by atoms with E-state index in [2.05, 4.69) is 56.9 Å². The van der Waals surface area contributed by atoms with Crippen LogP contribution in [-0.2, 0) is 16.0 Å². The summed E-state index contributed by atoms with van der Waals surface area (Å²) in [5.41, 5.74) is 5.11. The van der Waals surface area contributed by atoms with Crippen molar-refractivity contribution in [2.75, 3.05) is 52.7 Å². The highest BCUT2D eigenvalue weighted by Crippen LogP contribution is 2.38. The van der Waals surface area contributed by atoms with E-state index in [1.54, 1.807) is 0 Å². The first-order valence-corrected chi connectivity index (χ1v) is 12.0. The molecular weight excluding hydrogens is 432 g/mol. The number of amides is 1. The Labute approximate surface area is 199 Å². The molecule has 4 heterocycles. The second-order valence-corrected chi connectivity index (χ2v) is 8.69. The van der Waals surface area contributed by atoms with Crippen LogP contribution in [0.5, 0.6) is 11.5 Å². The molecule has 0 unspecified atom stereocenters. The van der Waals surface area contributed by atoms with Crippen LogP contribution in [0.25, 0.3) is 10.9 Å². The van der Waals surface area contributed by atoms with Crippen LogP contribution in [0, 0.1) is 0 Å². The Kier molecular flexibility index (Phi) is 7.28. The minimum absolute atomic E-state index is 0.172. The number of fused-ring (bicyclic) bond motifs is 4. The number of para-hydroxylation sites is 1. The fourth-order valence-corrected chi connectivity index (χ4v) is 4.85.